The van der Waals surface area contributed by atoms with Crippen LogP contribution in [0, 0.1) is 27.7 Å². The number of hydrogen-bond donors (Lipinski definition) is 2. The third-order valence-electron chi connectivity index (χ3n) is 3.00. The largest absolute Gasteiger partial charge is 0.376 e. The van der Waals surface area contributed by atoms with E-state index in [-0.39, 0.29) is 12.5 Å². The molecule has 0 unspecified atom stereocenters. The van der Waals surface area contributed by atoms with Crippen molar-refractivity contribution < 1.29 is 9.32 Å². The number of carbonyl (C=O) groups excluding carboxylic acids is 1. The number of benzene rings is 1. The molecule has 0 aliphatic rings. The molecule has 2 rings (SSSR count). The highest BCUT2D eigenvalue weighted by atomic mass is 16.5. The van der Waals surface area contributed by atoms with Crippen LogP contribution >= 0.6 is 0 Å². The van der Waals surface area contributed by atoms with Gasteiger partial charge in [0.2, 0.25) is 5.91 Å². The molecule has 0 aliphatic heterocycles. The highest BCUT2D eigenvalue weighted by molar-refractivity contribution is 5.93. The number of anilines is 2. The fourth-order valence-corrected chi connectivity index (χ4v) is 2.24. The van der Waals surface area contributed by atoms with E-state index in [0.717, 1.165) is 16.8 Å². The van der Waals surface area contributed by atoms with Crippen molar-refractivity contribution in [2.45, 2.75) is 27.7 Å². The summed E-state index contributed by atoms with van der Waals surface area (Å²) in [6, 6.07) is 5.86. The summed E-state index contributed by atoms with van der Waals surface area (Å²) in [4.78, 5) is 11.8. The van der Waals surface area contributed by atoms with Gasteiger partial charge in [-0.25, -0.2) is 0 Å². The first-order chi connectivity index (χ1) is 9.45. The van der Waals surface area contributed by atoms with Gasteiger partial charge in [0, 0.05) is 11.8 Å². The Morgan fingerprint density at radius 3 is 2.35 bits per heavy atom. The molecule has 106 valence electrons. The molecule has 0 bridgehead atoms. The minimum Gasteiger partial charge on any atom is -0.376 e. The van der Waals surface area contributed by atoms with Crippen molar-refractivity contribution in [1.82, 2.24) is 5.16 Å². The van der Waals surface area contributed by atoms with Crippen LogP contribution in [-0.2, 0) is 4.79 Å². The minimum atomic E-state index is -0.155. The Kier molecular flexibility index (Phi) is 4.08. The Bertz CT molecular complexity index is 609. The summed E-state index contributed by atoms with van der Waals surface area (Å²) in [5.74, 6) is 0.947. The summed E-state index contributed by atoms with van der Waals surface area (Å²) < 4.78 is 4.89. The van der Waals surface area contributed by atoms with Crippen LogP contribution in [0.2, 0.25) is 0 Å². The van der Waals surface area contributed by atoms with Crippen LogP contribution in [0.1, 0.15) is 22.5 Å². The number of amides is 1. The van der Waals surface area contributed by atoms with Crippen LogP contribution < -0.4 is 10.6 Å². The molecular weight excluding hydrogens is 254 g/mol. The first-order valence-electron chi connectivity index (χ1n) is 6.50. The van der Waals surface area contributed by atoms with E-state index >= 15 is 0 Å². The number of aromatic nitrogens is 1. The number of nitrogens with one attached hydrogen (secondary N) is 2. The zero-order valence-electron chi connectivity index (χ0n) is 12.2. The molecule has 1 aromatic heterocycles. The Labute approximate surface area is 118 Å². The summed E-state index contributed by atoms with van der Waals surface area (Å²) >= 11 is 0. The Morgan fingerprint density at radius 2 is 1.80 bits per heavy atom. The second-order valence-electron chi connectivity index (χ2n) is 5.00. The van der Waals surface area contributed by atoms with Gasteiger partial charge in [-0.05, 0) is 38.8 Å². The Morgan fingerprint density at radius 1 is 1.15 bits per heavy atom. The molecule has 0 aliphatic carbocycles. The molecule has 0 spiro atoms. The number of carbonyl (C=O) groups is 1. The lowest BCUT2D eigenvalue weighted by molar-refractivity contribution is -0.114. The molecule has 0 fully saturated rings. The highest BCUT2D eigenvalue weighted by Crippen LogP contribution is 2.21. The quantitative estimate of drug-likeness (QED) is 0.898. The van der Waals surface area contributed by atoms with Crippen LogP contribution in [0.15, 0.2) is 22.7 Å². The second-order valence-corrected chi connectivity index (χ2v) is 5.00. The van der Waals surface area contributed by atoms with Gasteiger partial charge in [0.1, 0.15) is 5.76 Å². The van der Waals surface area contributed by atoms with Gasteiger partial charge in [0.05, 0.1) is 6.54 Å². The summed E-state index contributed by atoms with van der Waals surface area (Å²) in [6.07, 6.45) is 0. The van der Waals surface area contributed by atoms with Crippen LogP contribution in [0.3, 0.4) is 0 Å². The zero-order valence-corrected chi connectivity index (χ0v) is 12.2. The fourth-order valence-electron chi connectivity index (χ4n) is 2.24. The lowest BCUT2D eigenvalue weighted by Crippen LogP contribution is -2.22. The smallest absolute Gasteiger partial charge is 0.244 e. The summed E-state index contributed by atoms with van der Waals surface area (Å²) in [5.41, 5.74) is 4.48. The van der Waals surface area contributed by atoms with Gasteiger partial charge in [-0.15, -0.1) is 0 Å². The van der Waals surface area contributed by atoms with Gasteiger partial charge < -0.3 is 15.2 Å². The number of nitrogens with zero attached hydrogens (tertiary/aromatic N) is 1. The van der Waals surface area contributed by atoms with Crippen molar-refractivity contribution >= 4 is 17.4 Å². The van der Waals surface area contributed by atoms with Crippen LogP contribution in [0.4, 0.5) is 11.5 Å². The van der Waals surface area contributed by atoms with E-state index in [1.807, 2.05) is 13.8 Å². The van der Waals surface area contributed by atoms with Crippen LogP contribution in [0.25, 0.3) is 0 Å². The fraction of sp³-hybridized carbons (Fsp3) is 0.333. The second kappa shape index (κ2) is 5.77. The molecule has 0 saturated heterocycles. The standard InChI is InChI=1S/C15H19N3O2/c1-9-5-10(2)15(11(3)6-9)16-8-14(19)17-13-7-12(4)20-18-13/h5-7,16H,8H2,1-4H3,(H,17,18,19). The maximum absolute atomic E-state index is 11.8. The van der Waals surface area contributed by atoms with Crippen molar-refractivity contribution in [3.05, 3.63) is 40.6 Å². The Hall–Kier alpha value is -2.30. The van der Waals surface area contributed by atoms with Crippen molar-refractivity contribution in [2.75, 3.05) is 17.2 Å². The summed E-state index contributed by atoms with van der Waals surface area (Å²) in [7, 11) is 0. The number of rotatable bonds is 4. The predicted molar refractivity (Wildman–Crippen MR) is 79.0 cm³/mol. The molecule has 1 aromatic carbocycles. The lowest BCUT2D eigenvalue weighted by Gasteiger charge is -2.13. The molecule has 2 N–H and O–H groups in total. The van der Waals surface area contributed by atoms with Gasteiger partial charge in [0.15, 0.2) is 5.82 Å². The Balaban J connectivity index is 1.97. The molecule has 0 radical (unpaired) electrons. The van der Waals surface area contributed by atoms with Gasteiger partial charge in [-0.3, -0.25) is 4.79 Å². The van der Waals surface area contributed by atoms with Gasteiger partial charge in [0.25, 0.3) is 0 Å². The molecule has 0 atom stereocenters. The molecule has 2 aromatic rings. The molecule has 20 heavy (non-hydrogen) atoms. The normalized spacial score (nSPS) is 10.4. The van der Waals surface area contributed by atoms with E-state index in [0.29, 0.717) is 11.6 Å². The van der Waals surface area contributed by atoms with E-state index in [4.69, 9.17) is 4.52 Å². The molecule has 1 heterocycles. The van der Waals surface area contributed by atoms with Crippen molar-refractivity contribution in [3.8, 4) is 0 Å². The third-order valence-corrected chi connectivity index (χ3v) is 3.00. The lowest BCUT2D eigenvalue weighted by atomic mass is 10.1. The summed E-state index contributed by atoms with van der Waals surface area (Å²) in [5, 5.41) is 9.56. The van der Waals surface area contributed by atoms with E-state index in [1.54, 1.807) is 13.0 Å². The molecule has 0 saturated carbocycles. The third kappa shape index (κ3) is 3.38. The van der Waals surface area contributed by atoms with Crippen molar-refractivity contribution in [1.29, 1.82) is 0 Å². The zero-order chi connectivity index (χ0) is 14.7. The number of hydrogen-bond acceptors (Lipinski definition) is 4. The summed E-state index contributed by atoms with van der Waals surface area (Å²) in [6.45, 7) is 8.09. The van der Waals surface area contributed by atoms with E-state index < -0.39 is 0 Å². The maximum Gasteiger partial charge on any atom is 0.244 e. The topological polar surface area (TPSA) is 67.2 Å². The van der Waals surface area contributed by atoms with Crippen LogP contribution in [0.5, 0.6) is 0 Å². The van der Waals surface area contributed by atoms with Crippen molar-refractivity contribution in [2.24, 2.45) is 0 Å². The van der Waals surface area contributed by atoms with Gasteiger partial charge >= 0.3 is 0 Å². The maximum atomic E-state index is 11.8. The van der Waals surface area contributed by atoms with Gasteiger partial charge in [-0.1, -0.05) is 22.9 Å². The highest BCUT2D eigenvalue weighted by Gasteiger charge is 2.08. The average Bonchev–Trinajstić information content (AvgIpc) is 2.73. The monoisotopic (exact) mass is 273 g/mol. The van der Waals surface area contributed by atoms with E-state index in [2.05, 4.69) is 34.8 Å². The molecular formula is C15H19N3O2. The SMILES string of the molecule is Cc1cc(C)c(NCC(=O)Nc2cc(C)on2)c(C)c1. The first kappa shape index (κ1) is 14.1. The number of aryl methyl sites for hydroxylation is 4. The first-order valence-corrected chi connectivity index (χ1v) is 6.50. The van der Waals surface area contributed by atoms with E-state index in [9.17, 15) is 4.79 Å². The molecule has 5 nitrogen and oxygen atoms in total. The predicted octanol–water partition coefficient (Wildman–Crippen LogP) is 2.96. The van der Waals surface area contributed by atoms with Crippen LogP contribution in [-0.4, -0.2) is 17.6 Å². The molecule has 5 heteroatoms. The van der Waals surface area contributed by atoms with Gasteiger partial charge in [-0.2, -0.15) is 0 Å². The molecule has 1 amide bonds. The van der Waals surface area contributed by atoms with E-state index in [1.165, 1.54) is 5.56 Å². The van der Waals surface area contributed by atoms with Crippen molar-refractivity contribution in [3.63, 3.8) is 0 Å². The minimum absolute atomic E-state index is 0.155. The average molecular weight is 273 g/mol.